The van der Waals surface area contributed by atoms with Crippen molar-refractivity contribution in [2.45, 2.75) is 6.54 Å². The molecule has 0 fully saturated rings. The molecule has 0 aliphatic rings. The molecule has 0 atom stereocenters. The van der Waals surface area contributed by atoms with Gasteiger partial charge in [-0.3, -0.25) is 0 Å². The van der Waals surface area contributed by atoms with E-state index < -0.39 is 13.0 Å². The molecule has 2 N–H and O–H groups in total. The average Bonchev–Trinajstić information content (AvgIpc) is 2.02. The van der Waals surface area contributed by atoms with Gasteiger partial charge in [0.25, 0.3) is 0 Å². The smallest absolute Gasteiger partial charge is 0.138 e. The van der Waals surface area contributed by atoms with Crippen molar-refractivity contribution < 1.29 is 8.96 Å². The molecule has 2 nitrogen and oxygen atoms in total. The number of hydrogen-bond acceptors (Lipinski definition) is 2. The molecule has 1 aromatic rings. The molecule has 13 heavy (non-hydrogen) atoms. The number of hydrogen-bond donors (Lipinski definition) is 1. The highest BCUT2D eigenvalue weighted by molar-refractivity contribution is 7.70. The van der Waals surface area contributed by atoms with Crippen molar-refractivity contribution in [3.05, 3.63) is 29.6 Å². The van der Waals surface area contributed by atoms with Gasteiger partial charge in [0.15, 0.2) is 0 Å². The minimum Gasteiger partial charge on any atom is -0.326 e. The second-order valence-corrected chi connectivity index (χ2v) is 6.49. The predicted octanol–water partition coefficient (Wildman–Crippen LogP) is 1.53. The fraction of sp³-hybridized carbons (Fsp3) is 0.333. The molecule has 0 aliphatic heterocycles. The van der Waals surface area contributed by atoms with Gasteiger partial charge in [-0.05, 0) is 19.4 Å². The van der Waals surface area contributed by atoms with E-state index in [1.54, 1.807) is 31.5 Å². The van der Waals surface area contributed by atoms with Crippen LogP contribution in [0.25, 0.3) is 0 Å². The summed E-state index contributed by atoms with van der Waals surface area (Å²) in [6.45, 7) is 3.23. The molecule has 72 valence electrons. The van der Waals surface area contributed by atoms with Crippen molar-refractivity contribution >= 4 is 12.4 Å². The molecule has 0 bridgehead atoms. The lowest BCUT2D eigenvalue weighted by atomic mass is 10.2. The number of benzene rings is 1. The summed E-state index contributed by atoms with van der Waals surface area (Å²) in [4.78, 5) is 0. The monoisotopic (exact) mass is 201 g/mol. The zero-order valence-corrected chi connectivity index (χ0v) is 8.64. The summed E-state index contributed by atoms with van der Waals surface area (Å²) in [7, 11) is -2.53. The van der Waals surface area contributed by atoms with Crippen LogP contribution in [0.2, 0.25) is 0 Å². The van der Waals surface area contributed by atoms with Crippen LogP contribution < -0.4 is 11.0 Å². The van der Waals surface area contributed by atoms with E-state index in [9.17, 15) is 8.96 Å². The van der Waals surface area contributed by atoms with Crippen LogP contribution in [0.1, 0.15) is 5.56 Å². The quantitative estimate of drug-likeness (QED) is 0.737. The Hall–Kier alpha value is -0.660. The van der Waals surface area contributed by atoms with E-state index in [4.69, 9.17) is 5.73 Å². The van der Waals surface area contributed by atoms with Crippen molar-refractivity contribution in [1.29, 1.82) is 0 Å². The molecule has 0 unspecified atom stereocenters. The zero-order chi connectivity index (χ0) is 10.1. The van der Waals surface area contributed by atoms with Gasteiger partial charge < -0.3 is 10.3 Å². The number of nitrogens with two attached hydrogens (primary N) is 1. The van der Waals surface area contributed by atoms with Crippen LogP contribution in [-0.4, -0.2) is 13.3 Å². The van der Waals surface area contributed by atoms with Gasteiger partial charge in [0.05, 0.1) is 0 Å². The van der Waals surface area contributed by atoms with E-state index in [0.29, 0.717) is 5.56 Å². The van der Waals surface area contributed by atoms with E-state index in [1.807, 2.05) is 0 Å². The van der Waals surface area contributed by atoms with Crippen molar-refractivity contribution in [2.75, 3.05) is 13.3 Å². The van der Waals surface area contributed by atoms with Crippen LogP contribution in [0.3, 0.4) is 0 Å². The fourth-order valence-corrected chi connectivity index (χ4v) is 2.20. The minimum absolute atomic E-state index is 0.139. The van der Waals surface area contributed by atoms with Gasteiger partial charge >= 0.3 is 0 Å². The predicted molar refractivity (Wildman–Crippen MR) is 53.4 cm³/mol. The Balaban J connectivity index is 3.32. The third-order valence-corrected chi connectivity index (χ3v) is 3.36. The summed E-state index contributed by atoms with van der Waals surface area (Å²) in [6.07, 6.45) is 0. The largest absolute Gasteiger partial charge is 0.326 e. The van der Waals surface area contributed by atoms with E-state index in [2.05, 4.69) is 0 Å². The standard InChI is InChI=1S/C9H13FNOP/c1-13(2,12)8-5-3-4-7(6-11)9(8)10/h3-5H,6,11H2,1-2H3. The van der Waals surface area contributed by atoms with E-state index in [1.165, 1.54) is 0 Å². The topological polar surface area (TPSA) is 43.1 Å². The minimum atomic E-state index is -2.53. The van der Waals surface area contributed by atoms with Gasteiger partial charge in [-0.2, -0.15) is 0 Å². The van der Waals surface area contributed by atoms with E-state index in [0.717, 1.165) is 0 Å². The maximum absolute atomic E-state index is 13.5. The summed E-state index contributed by atoms with van der Waals surface area (Å²) >= 11 is 0. The lowest BCUT2D eigenvalue weighted by molar-refractivity contribution is 0.583. The first-order chi connectivity index (χ1) is 5.96. The molecular weight excluding hydrogens is 188 g/mol. The maximum Gasteiger partial charge on any atom is 0.138 e. The molecule has 0 spiro atoms. The Labute approximate surface area is 77.3 Å². The Morgan fingerprint density at radius 1 is 1.46 bits per heavy atom. The normalized spacial score (nSPS) is 11.7. The molecule has 0 saturated heterocycles. The van der Waals surface area contributed by atoms with Crippen LogP contribution in [0.4, 0.5) is 4.39 Å². The second-order valence-electron chi connectivity index (χ2n) is 3.31. The van der Waals surface area contributed by atoms with Crippen LogP contribution in [0, 0.1) is 5.82 Å². The summed E-state index contributed by atoms with van der Waals surface area (Å²) in [5.41, 5.74) is 5.75. The Morgan fingerprint density at radius 2 is 2.08 bits per heavy atom. The highest BCUT2D eigenvalue weighted by atomic mass is 31.2. The third-order valence-electron chi connectivity index (χ3n) is 1.86. The van der Waals surface area contributed by atoms with Gasteiger partial charge in [0.2, 0.25) is 0 Å². The molecule has 4 heteroatoms. The number of halogens is 1. The lowest BCUT2D eigenvalue weighted by Gasteiger charge is -2.10. The second kappa shape index (κ2) is 3.60. The summed E-state index contributed by atoms with van der Waals surface area (Å²) in [5, 5.41) is 0.287. The summed E-state index contributed by atoms with van der Waals surface area (Å²) in [5.74, 6) is -0.418. The lowest BCUT2D eigenvalue weighted by Crippen LogP contribution is -2.13. The van der Waals surface area contributed by atoms with Gasteiger partial charge in [-0.1, -0.05) is 12.1 Å². The van der Waals surface area contributed by atoms with Gasteiger partial charge in [-0.25, -0.2) is 4.39 Å². The molecular formula is C9H13FNOP. The number of rotatable bonds is 2. The average molecular weight is 201 g/mol. The third kappa shape index (κ3) is 2.17. The van der Waals surface area contributed by atoms with Crippen molar-refractivity contribution in [1.82, 2.24) is 0 Å². The van der Waals surface area contributed by atoms with Gasteiger partial charge in [-0.15, -0.1) is 0 Å². The van der Waals surface area contributed by atoms with Crippen LogP contribution in [-0.2, 0) is 11.1 Å². The van der Waals surface area contributed by atoms with Crippen LogP contribution >= 0.6 is 7.14 Å². The first kappa shape index (κ1) is 10.4. The zero-order valence-electron chi connectivity index (χ0n) is 7.75. The highest BCUT2D eigenvalue weighted by Crippen LogP contribution is 2.35. The summed E-state index contributed by atoms with van der Waals surface area (Å²) in [6, 6.07) is 4.84. The first-order valence-electron chi connectivity index (χ1n) is 4.00. The van der Waals surface area contributed by atoms with Crippen LogP contribution in [0.15, 0.2) is 18.2 Å². The Kier molecular flexibility index (Phi) is 2.89. The Morgan fingerprint density at radius 3 is 2.54 bits per heavy atom. The Bertz CT molecular complexity index is 359. The van der Waals surface area contributed by atoms with Crippen molar-refractivity contribution in [3.8, 4) is 0 Å². The van der Waals surface area contributed by atoms with Crippen molar-refractivity contribution in [2.24, 2.45) is 5.73 Å². The fourth-order valence-electron chi connectivity index (χ4n) is 1.14. The molecule has 0 amide bonds. The first-order valence-corrected chi connectivity index (χ1v) is 6.60. The maximum atomic E-state index is 13.5. The van der Waals surface area contributed by atoms with E-state index >= 15 is 0 Å². The highest BCUT2D eigenvalue weighted by Gasteiger charge is 2.17. The molecule has 0 saturated carbocycles. The van der Waals surface area contributed by atoms with Crippen molar-refractivity contribution in [3.63, 3.8) is 0 Å². The molecule has 0 aliphatic carbocycles. The molecule has 0 heterocycles. The molecule has 0 radical (unpaired) electrons. The van der Waals surface area contributed by atoms with Crippen LogP contribution in [0.5, 0.6) is 0 Å². The SMILES string of the molecule is CP(C)(=O)c1cccc(CN)c1F. The molecule has 1 aromatic carbocycles. The van der Waals surface area contributed by atoms with E-state index in [-0.39, 0.29) is 11.8 Å². The van der Waals surface area contributed by atoms with Gasteiger partial charge in [0, 0.05) is 17.4 Å². The molecule has 1 rings (SSSR count). The summed E-state index contributed by atoms with van der Waals surface area (Å²) < 4.78 is 25.1. The molecule has 0 aromatic heterocycles. The van der Waals surface area contributed by atoms with Gasteiger partial charge in [0.1, 0.15) is 13.0 Å².